The highest BCUT2D eigenvalue weighted by molar-refractivity contribution is 7.91. The van der Waals surface area contributed by atoms with Crippen molar-refractivity contribution in [2.24, 2.45) is 0 Å². The molecule has 1 aromatic heterocycles. The summed E-state index contributed by atoms with van der Waals surface area (Å²) in [5.41, 5.74) is 1.03. The summed E-state index contributed by atoms with van der Waals surface area (Å²) >= 11 is 0. The Morgan fingerprint density at radius 3 is 2.45 bits per heavy atom. The van der Waals surface area contributed by atoms with Crippen molar-refractivity contribution in [1.82, 2.24) is 4.98 Å². The van der Waals surface area contributed by atoms with Crippen LogP contribution in [0.1, 0.15) is 11.3 Å². The summed E-state index contributed by atoms with van der Waals surface area (Å²) in [6.07, 6.45) is 0. The standard InChI is InChI=1S/C15H14N2O4S/c1-11-12(10-16)2-7-15(17-11)21-13-3-5-14(6-4-13)22(19,20)9-8-18/h2-7,18H,8-9H2,1H3. The van der Waals surface area contributed by atoms with Crippen LogP contribution in [0.2, 0.25) is 0 Å². The molecule has 0 aliphatic rings. The minimum absolute atomic E-state index is 0.123. The topological polar surface area (TPSA) is 100 Å². The largest absolute Gasteiger partial charge is 0.439 e. The molecule has 0 spiro atoms. The van der Waals surface area contributed by atoms with Gasteiger partial charge in [-0.2, -0.15) is 5.26 Å². The summed E-state index contributed by atoms with van der Waals surface area (Å²) in [7, 11) is -3.47. The Kier molecular flexibility index (Phi) is 4.75. The van der Waals surface area contributed by atoms with Gasteiger partial charge in [-0.05, 0) is 37.3 Å². The second-order valence-electron chi connectivity index (χ2n) is 4.51. The molecule has 0 saturated heterocycles. The van der Waals surface area contributed by atoms with Crippen molar-refractivity contribution >= 4 is 9.84 Å². The number of ether oxygens (including phenoxy) is 1. The number of nitrogens with zero attached hydrogens (tertiary/aromatic N) is 2. The Balaban J connectivity index is 2.19. The number of benzene rings is 1. The predicted octanol–water partition coefficient (Wildman–Crippen LogP) is 1.82. The molecular weight excluding hydrogens is 304 g/mol. The number of aliphatic hydroxyl groups excluding tert-OH is 1. The molecule has 7 heteroatoms. The number of rotatable bonds is 5. The van der Waals surface area contributed by atoms with Gasteiger partial charge >= 0.3 is 0 Å². The Bertz CT molecular complexity index is 808. The number of aryl methyl sites for hydroxylation is 1. The molecular formula is C15H14N2O4S. The van der Waals surface area contributed by atoms with Crippen LogP contribution in [0.15, 0.2) is 41.3 Å². The molecule has 0 aliphatic carbocycles. The highest BCUT2D eigenvalue weighted by atomic mass is 32.2. The van der Waals surface area contributed by atoms with Gasteiger partial charge in [0.25, 0.3) is 0 Å². The van der Waals surface area contributed by atoms with Crippen molar-refractivity contribution in [1.29, 1.82) is 5.26 Å². The fourth-order valence-electron chi connectivity index (χ4n) is 1.79. The summed E-state index contributed by atoms with van der Waals surface area (Å²) in [6, 6.07) is 11.1. The van der Waals surface area contributed by atoms with E-state index in [4.69, 9.17) is 15.1 Å². The van der Waals surface area contributed by atoms with Gasteiger partial charge in [0, 0.05) is 6.07 Å². The molecule has 0 unspecified atom stereocenters. The van der Waals surface area contributed by atoms with Crippen molar-refractivity contribution in [3.63, 3.8) is 0 Å². The lowest BCUT2D eigenvalue weighted by molar-refractivity contribution is 0.319. The van der Waals surface area contributed by atoms with E-state index in [0.29, 0.717) is 22.9 Å². The molecule has 1 heterocycles. The van der Waals surface area contributed by atoms with Gasteiger partial charge in [-0.1, -0.05) is 0 Å². The lowest BCUT2D eigenvalue weighted by Crippen LogP contribution is -2.09. The van der Waals surface area contributed by atoms with Crippen LogP contribution in [0.3, 0.4) is 0 Å². The zero-order valence-electron chi connectivity index (χ0n) is 11.9. The predicted molar refractivity (Wildman–Crippen MR) is 79.3 cm³/mol. The molecule has 0 bridgehead atoms. The van der Waals surface area contributed by atoms with E-state index in [2.05, 4.69) is 4.98 Å². The Labute approximate surface area is 128 Å². The molecule has 0 saturated carbocycles. The first-order chi connectivity index (χ1) is 10.5. The number of hydrogen-bond acceptors (Lipinski definition) is 6. The van der Waals surface area contributed by atoms with Gasteiger partial charge < -0.3 is 9.84 Å². The van der Waals surface area contributed by atoms with E-state index in [1.807, 2.05) is 6.07 Å². The third-order valence-electron chi connectivity index (χ3n) is 2.95. The fourth-order valence-corrected chi connectivity index (χ4v) is 2.81. The van der Waals surface area contributed by atoms with Gasteiger partial charge in [0.1, 0.15) is 11.8 Å². The van der Waals surface area contributed by atoms with Crippen LogP contribution in [0.25, 0.3) is 0 Å². The monoisotopic (exact) mass is 318 g/mol. The molecule has 0 aliphatic heterocycles. The molecule has 0 fully saturated rings. The number of hydrogen-bond donors (Lipinski definition) is 1. The normalized spacial score (nSPS) is 11.0. The maximum absolute atomic E-state index is 11.8. The summed E-state index contributed by atoms with van der Waals surface area (Å²) in [4.78, 5) is 4.27. The quantitative estimate of drug-likeness (QED) is 0.902. The highest BCUT2D eigenvalue weighted by Crippen LogP contribution is 2.22. The van der Waals surface area contributed by atoms with Crippen LogP contribution in [-0.4, -0.2) is 30.9 Å². The maximum Gasteiger partial charge on any atom is 0.219 e. The van der Waals surface area contributed by atoms with Crippen molar-refractivity contribution in [2.75, 3.05) is 12.4 Å². The van der Waals surface area contributed by atoms with E-state index in [1.165, 1.54) is 24.3 Å². The minimum atomic E-state index is -3.47. The smallest absolute Gasteiger partial charge is 0.219 e. The van der Waals surface area contributed by atoms with Crippen LogP contribution in [0, 0.1) is 18.3 Å². The number of pyridine rings is 1. The maximum atomic E-state index is 11.8. The first-order valence-corrected chi connectivity index (χ1v) is 8.11. The molecule has 1 N–H and O–H groups in total. The van der Waals surface area contributed by atoms with E-state index < -0.39 is 16.4 Å². The SMILES string of the molecule is Cc1nc(Oc2ccc(S(=O)(=O)CCO)cc2)ccc1C#N. The van der Waals surface area contributed by atoms with Gasteiger partial charge in [-0.3, -0.25) is 0 Å². The molecule has 114 valence electrons. The second-order valence-corrected chi connectivity index (χ2v) is 6.62. The van der Waals surface area contributed by atoms with Gasteiger partial charge in [-0.25, -0.2) is 13.4 Å². The Hall–Kier alpha value is -2.43. The molecule has 2 rings (SSSR count). The van der Waals surface area contributed by atoms with Crippen molar-refractivity contribution in [3.8, 4) is 17.7 Å². The molecule has 0 atom stereocenters. The summed E-state index contributed by atoms with van der Waals surface area (Å²) in [5.74, 6) is 0.436. The lowest BCUT2D eigenvalue weighted by Gasteiger charge is -2.07. The van der Waals surface area contributed by atoms with Gasteiger partial charge in [0.15, 0.2) is 9.84 Å². The average molecular weight is 318 g/mol. The van der Waals surface area contributed by atoms with Crippen LogP contribution in [0.4, 0.5) is 0 Å². The summed E-state index contributed by atoms with van der Waals surface area (Å²) < 4.78 is 29.1. The van der Waals surface area contributed by atoms with Crippen LogP contribution in [-0.2, 0) is 9.84 Å². The van der Waals surface area contributed by atoms with Crippen molar-refractivity contribution in [2.45, 2.75) is 11.8 Å². The average Bonchev–Trinajstić information content (AvgIpc) is 2.48. The third kappa shape index (κ3) is 3.61. The van der Waals surface area contributed by atoms with Crippen LogP contribution < -0.4 is 4.74 Å². The van der Waals surface area contributed by atoms with E-state index in [9.17, 15) is 8.42 Å². The van der Waals surface area contributed by atoms with Crippen molar-refractivity contribution < 1.29 is 18.3 Å². The van der Waals surface area contributed by atoms with Crippen LogP contribution in [0.5, 0.6) is 11.6 Å². The zero-order chi connectivity index (χ0) is 16.2. The minimum Gasteiger partial charge on any atom is -0.439 e. The third-order valence-corrected chi connectivity index (χ3v) is 4.66. The van der Waals surface area contributed by atoms with E-state index >= 15 is 0 Å². The van der Waals surface area contributed by atoms with Crippen LogP contribution >= 0.6 is 0 Å². The molecule has 0 amide bonds. The Morgan fingerprint density at radius 2 is 1.91 bits per heavy atom. The van der Waals surface area contributed by atoms with Gasteiger partial charge in [0.2, 0.25) is 5.88 Å². The molecule has 22 heavy (non-hydrogen) atoms. The zero-order valence-corrected chi connectivity index (χ0v) is 12.7. The second kappa shape index (κ2) is 6.56. The number of sulfone groups is 1. The van der Waals surface area contributed by atoms with Gasteiger partial charge in [-0.15, -0.1) is 0 Å². The lowest BCUT2D eigenvalue weighted by atomic mass is 10.2. The number of aromatic nitrogens is 1. The number of aliphatic hydroxyl groups is 1. The molecule has 1 aromatic carbocycles. The van der Waals surface area contributed by atoms with E-state index in [-0.39, 0.29) is 10.6 Å². The first-order valence-electron chi connectivity index (χ1n) is 6.45. The summed E-state index contributed by atoms with van der Waals surface area (Å²) in [6.45, 7) is 1.28. The first kappa shape index (κ1) is 15.9. The molecule has 6 nitrogen and oxygen atoms in total. The van der Waals surface area contributed by atoms with Crippen molar-refractivity contribution in [3.05, 3.63) is 47.7 Å². The van der Waals surface area contributed by atoms with Gasteiger partial charge in [0.05, 0.1) is 28.5 Å². The van der Waals surface area contributed by atoms with E-state index in [0.717, 1.165) is 0 Å². The molecule has 0 radical (unpaired) electrons. The number of nitriles is 1. The van der Waals surface area contributed by atoms with E-state index in [1.54, 1.807) is 19.1 Å². The Morgan fingerprint density at radius 1 is 1.23 bits per heavy atom. The highest BCUT2D eigenvalue weighted by Gasteiger charge is 2.13. The summed E-state index contributed by atoms with van der Waals surface area (Å²) in [5, 5.41) is 17.6. The molecule has 2 aromatic rings. The fraction of sp³-hybridized carbons (Fsp3) is 0.200.